The lowest BCUT2D eigenvalue weighted by atomic mass is 9.87. The minimum Gasteiger partial charge on any atom is -0.339 e. The van der Waals surface area contributed by atoms with Crippen LogP contribution in [0.2, 0.25) is 0 Å². The van der Waals surface area contributed by atoms with Gasteiger partial charge in [-0.1, -0.05) is 18.2 Å². The molecule has 27 heavy (non-hydrogen) atoms. The average Bonchev–Trinajstić information content (AvgIpc) is 3.08. The highest BCUT2D eigenvalue weighted by Gasteiger charge is 2.37. The van der Waals surface area contributed by atoms with E-state index in [1.165, 1.54) is 0 Å². The smallest absolute Gasteiger partial charge is 0.253 e. The molecule has 1 saturated heterocycles. The summed E-state index contributed by atoms with van der Waals surface area (Å²) in [7, 11) is 0. The van der Waals surface area contributed by atoms with E-state index in [1.807, 2.05) is 52.5 Å². The van der Waals surface area contributed by atoms with Gasteiger partial charge in [0.05, 0.1) is 6.04 Å². The number of fused-ring (bicyclic) bond motifs is 1. The number of piperidine rings is 1. The SMILES string of the molecule is CC(=O)N1CCCn2ccnc2C1C1CCN(C(=O)c2ccccc2)CC1. The summed E-state index contributed by atoms with van der Waals surface area (Å²) in [6.07, 6.45) is 6.57. The van der Waals surface area contributed by atoms with Crippen molar-refractivity contribution in [3.05, 3.63) is 54.1 Å². The Morgan fingerprint density at radius 2 is 1.78 bits per heavy atom. The van der Waals surface area contributed by atoms with E-state index in [1.54, 1.807) is 6.92 Å². The number of benzene rings is 1. The fourth-order valence-corrected chi connectivity index (χ4v) is 4.47. The predicted molar refractivity (Wildman–Crippen MR) is 102 cm³/mol. The third kappa shape index (κ3) is 3.48. The van der Waals surface area contributed by atoms with E-state index in [-0.39, 0.29) is 17.9 Å². The van der Waals surface area contributed by atoms with E-state index in [0.717, 1.165) is 56.8 Å². The molecule has 0 bridgehead atoms. The van der Waals surface area contributed by atoms with Crippen LogP contribution < -0.4 is 0 Å². The van der Waals surface area contributed by atoms with Crippen LogP contribution in [-0.2, 0) is 11.3 Å². The molecule has 1 unspecified atom stereocenters. The molecule has 1 atom stereocenters. The van der Waals surface area contributed by atoms with Crippen LogP contribution in [0, 0.1) is 5.92 Å². The molecule has 1 fully saturated rings. The zero-order valence-electron chi connectivity index (χ0n) is 15.8. The minimum atomic E-state index is 0.00831. The number of aromatic nitrogens is 2. The van der Waals surface area contributed by atoms with Crippen LogP contribution in [0.25, 0.3) is 0 Å². The van der Waals surface area contributed by atoms with E-state index >= 15 is 0 Å². The molecule has 3 heterocycles. The summed E-state index contributed by atoms with van der Waals surface area (Å²) in [5.74, 6) is 1.53. The van der Waals surface area contributed by atoms with Gasteiger partial charge in [0.25, 0.3) is 5.91 Å². The van der Waals surface area contributed by atoms with Crippen molar-refractivity contribution in [1.82, 2.24) is 19.4 Å². The molecule has 1 aromatic heterocycles. The standard InChI is InChI=1S/C21H26N4O2/c1-16(26)25-12-5-11-23-15-10-22-20(23)19(25)17-8-13-24(14-9-17)21(27)18-6-3-2-4-7-18/h2-4,6-7,10,15,17,19H,5,8-9,11-14H2,1H3. The third-order valence-electron chi connectivity index (χ3n) is 5.84. The molecule has 2 aliphatic heterocycles. The maximum atomic E-state index is 12.7. The molecule has 2 aliphatic rings. The molecule has 142 valence electrons. The second kappa shape index (κ2) is 7.55. The van der Waals surface area contributed by atoms with Crippen molar-refractivity contribution in [2.45, 2.75) is 38.8 Å². The number of amides is 2. The first-order valence-electron chi connectivity index (χ1n) is 9.77. The summed E-state index contributed by atoms with van der Waals surface area (Å²) in [5.41, 5.74) is 0.742. The molecule has 6 nitrogen and oxygen atoms in total. The van der Waals surface area contributed by atoms with Gasteiger partial charge in [-0.25, -0.2) is 4.98 Å². The van der Waals surface area contributed by atoms with Gasteiger partial charge in [0.1, 0.15) is 5.82 Å². The monoisotopic (exact) mass is 366 g/mol. The lowest BCUT2D eigenvalue weighted by Crippen LogP contribution is -2.44. The highest BCUT2D eigenvalue weighted by Crippen LogP contribution is 2.36. The van der Waals surface area contributed by atoms with E-state index in [4.69, 9.17) is 0 Å². The van der Waals surface area contributed by atoms with Gasteiger partial charge in [-0.15, -0.1) is 0 Å². The Balaban J connectivity index is 1.51. The first-order valence-corrected chi connectivity index (χ1v) is 9.77. The minimum absolute atomic E-state index is 0.00831. The second-order valence-electron chi connectivity index (χ2n) is 7.49. The maximum Gasteiger partial charge on any atom is 0.253 e. The van der Waals surface area contributed by atoms with Gasteiger partial charge in [-0.05, 0) is 37.3 Å². The number of carbonyl (C=O) groups is 2. The Labute approximate surface area is 159 Å². The first-order chi connectivity index (χ1) is 13.1. The summed E-state index contributed by atoms with van der Waals surface area (Å²) in [6, 6.07) is 9.47. The topological polar surface area (TPSA) is 58.4 Å². The van der Waals surface area contributed by atoms with Gasteiger partial charge in [-0.3, -0.25) is 9.59 Å². The highest BCUT2D eigenvalue weighted by atomic mass is 16.2. The van der Waals surface area contributed by atoms with Gasteiger partial charge in [0, 0.05) is 51.1 Å². The van der Waals surface area contributed by atoms with Crippen molar-refractivity contribution in [3.8, 4) is 0 Å². The van der Waals surface area contributed by atoms with Crippen LogP contribution in [0.1, 0.15) is 48.4 Å². The number of aryl methyl sites for hydroxylation is 1. The van der Waals surface area contributed by atoms with E-state index in [0.29, 0.717) is 5.92 Å². The lowest BCUT2D eigenvalue weighted by molar-refractivity contribution is -0.133. The lowest BCUT2D eigenvalue weighted by Gasteiger charge is -2.39. The number of imidazole rings is 1. The Hall–Kier alpha value is -2.63. The Morgan fingerprint density at radius 1 is 1.04 bits per heavy atom. The van der Waals surface area contributed by atoms with Crippen molar-refractivity contribution in [1.29, 1.82) is 0 Å². The van der Waals surface area contributed by atoms with Crippen LogP contribution in [0.4, 0.5) is 0 Å². The molecule has 0 spiro atoms. The van der Waals surface area contributed by atoms with E-state index in [2.05, 4.69) is 9.55 Å². The molecule has 1 aromatic carbocycles. The molecule has 2 amide bonds. The molecule has 6 heteroatoms. The van der Waals surface area contributed by atoms with E-state index < -0.39 is 0 Å². The van der Waals surface area contributed by atoms with Gasteiger partial charge in [0.2, 0.25) is 5.91 Å². The highest BCUT2D eigenvalue weighted by molar-refractivity contribution is 5.94. The Kier molecular flexibility index (Phi) is 4.97. The first kappa shape index (κ1) is 17.8. The normalized spacial score (nSPS) is 20.9. The summed E-state index contributed by atoms with van der Waals surface area (Å²) in [5, 5.41) is 0. The van der Waals surface area contributed by atoms with Crippen LogP contribution in [0.5, 0.6) is 0 Å². The number of hydrogen-bond donors (Lipinski definition) is 0. The molecule has 0 saturated carbocycles. The average molecular weight is 366 g/mol. The number of rotatable bonds is 2. The summed E-state index contributed by atoms with van der Waals surface area (Å²) >= 11 is 0. The molecular weight excluding hydrogens is 340 g/mol. The van der Waals surface area contributed by atoms with Crippen LogP contribution in [0.15, 0.2) is 42.7 Å². The molecular formula is C21H26N4O2. The van der Waals surface area contributed by atoms with Gasteiger partial charge in [0.15, 0.2) is 0 Å². The van der Waals surface area contributed by atoms with E-state index in [9.17, 15) is 9.59 Å². The van der Waals surface area contributed by atoms with Crippen molar-refractivity contribution < 1.29 is 9.59 Å². The molecule has 4 rings (SSSR count). The molecule has 0 N–H and O–H groups in total. The van der Waals surface area contributed by atoms with Crippen molar-refractivity contribution in [3.63, 3.8) is 0 Å². The fraction of sp³-hybridized carbons (Fsp3) is 0.476. The second-order valence-corrected chi connectivity index (χ2v) is 7.49. The zero-order chi connectivity index (χ0) is 18.8. The molecule has 0 radical (unpaired) electrons. The van der Waals surface area contributed by atoms with Crippen molar-refractivity contribution >= 4 is 11.8 Å². The fourth-order valence-electron chi connectivity index (χ4n) is 4.47. The van der Waals surface area contributed by atoms with Crippen LogP contribution in [-0.4, -0.2) is 50.8 Å². The third-order valence-corrected chi connectivity index (χ3v) is 5.84. The summed E-state index contributed by atoms with van der Waals surface area (Å²) in [6.45, 7) is 4.77. The number of hydrogen-bond acceptors (Lipinski definition) is 3. The maximum absolute atomic E-state index is 12.7. The van der Waals surface area contributed by atoms with Crippen molar-refractivity contribution in [2.75, 3.05) is 19.6 Å². The Bertz CT molecular complexity index is 809. The number of nitrogens with zero attached hydrogens (tertiary/aromatic N) is 4. The summed E-state index contributed by atoms with van der Waals surface area (Å²) < 4.78 is 2.19. The largest absolute Gasteiger partial charge is 0.339 e. The molecule has 2 aromatic rings. The van der Waals surface area contributed by atoms with Crippen LogP contribution >= 0.6 is 0 Å². The van der Waals surface area contributed by atoms with Crippen molar-refractivity contribution in [2.24, 2.45) is 5.92 Å². The summed E-state index contributed by atoms with van der Waals surface area (Å²) in [4.78, 5) is 33.6. The van der Waals surface area contributed by atoms with Gasteiger partial charge >= 0.3 is 0 Å². The Morgan fingerprint density at radius 3 is 2.48 bits per heavy atom. The molecule has 0 aliphatic carbocycles. The predicted octanol–water partition coefficient (Wildman–Crippen LogP) is 2.73. The van der Waals surface area contributed by atoms with Gasteiger partial charge in [-0.2, -0.15) is 0 Å². The van der Waals surface area contributed by atoms with Crippen LogP contribution in [0.3, 0.4) is 0 Å². The van der Waals surface area contributed by atoms with Gasteiger partial charge < -0.3 is 14.4 Å². The number of likely N-dealkylation sites (tertiary alicyclic amines) is 1. The quantitative estimate of drug-likeness (QED) is 0.821. The number of carbonyl (C=O) groups excluding carboxylic acids is 2. The zero-order valence-corrected chi connectivity index (χ0v) is 15.8.